The number of rotatable bonds is 8. The Labute approximate surface area is 182 Å². The number of fused-ring (bicyclic) bond motifs is 1. The van der Waals surface area contributed by atoms with Crippen molar-refractivity contribution < 1.29 is 14.7 Å². The number of hydrogen-bond donors (Lipinski definition) is 1. The Hall–Kier alpha value is -3.02. The zero-order valence-electron chi connectivity index (χ0n) is 16.8. The minimum Gasteiger partial charge on any atom is -0.497 e. The average Bonchev–Trinajstić information content (AvgIpc) is 3.10. The number of para-hydroxylation sites is 2. The number of hydrogen-bond acceptors (Lipinski definition) is 4. The lowest BCUT2D eigenvalue weighted by atomic mass is 10.1. The normalized spacial score (nSPS) is 11.7. The second-order valence-electron chi connectivity index (χ2n) is 6.98. The van der Waals surface area contributed by atoms with Gasteiger partial charge in [-0.1, -0.05) is 54.6 Å². The van der Waals surface area contributed by atoms with Crippen LogP contribution in [0.15, 0.2) is 78.9 Å². The molecule has 0 aliphatic heterocycles. The van der Waals surface area contributed by atoms with Gasteiger partial charge >= 0.3 is 0 Å². The molecule has 5 nitrogen and oxygen atoms in total. The van der Waals surface area contributed by atoms with Crippen molar-refractivity contribution in [2.75, 3.05) is 13.7 Å². The Bertz CT molecular complexity index is 1080. The zero-order valence-corrected chi connectivity index (χ0v) is 17.6. The van der Waals surface area contributed by atoms with Crippen LogP contribution in [0.25, 0.3) is 11.0 Å². The molecule has 0 radical (unpaired) electrons. The summed E-state index contributed by atoms with van der Waals surface area (Å²) in [5.41, 5.74) is 3.93. The molecule has 1 atom stereocenters. The standard InChI is InChI=1S/C24H24N2O3.ClH/c1-28-21-11-7-10-19(15-21)14-20(27)17-29-26-23-13-6-5-12-22(23)25-24(26)16-18-8-3-2-4-9-18;/h2-13,15,20,27H,14,16-17H2,1H3;1H. The monoisotopic (exact) mass is 424 g/mol. The van der Waals surface area contributed by atoms with Crippen LogP contribution in [0.2, 0.25) is 0 Å². The van der Waals surface area contributed by atoms with Crippen LogP contribution in [0, 0.1) is 0 Å². The third-order valence-corrected chi connectivity index (χ3v) is 4.79. The molecule has 0 saturated carbocycles. The highest BCUT2D eigenvalue weighted by Crippen LogP contribution is 2.18. The van der Waals surface area contributed by atoms with E-state index in [0.717, 1.165) is 33.7 Å². The van der Waals surface area contributed by atoms with Gasteiger partial charge in [0.2, 0.25) is 0 Å². The molecule has 3 aromatic carbocycles. The molecular formula is C24H25ClN2O3. The quantitative estimate of drug-likeness (QED) is 0.463. The molecule has 4 aromatic rings. The number of benzene rings is 3. The average molecular weight is 425 g/mol. The van der Waals surface area contributed by atoms with Gasteiger partial charge in [-0.15, -0.1) is 12.4 Å². The minimum absolute atomic E-state index is 0. The fraction of sp³-hybridized carbons (Fsp3) is 0.208. The van der Waals surface area contributed by atoms with E-state index in [9.17, 15) is 5.11 Å². The van der Waals surface area contributed by atoms with Gasteiger partial charge in [-0.2, -0.15) is 4.73 Å². The summed E-state index contributed by atoms with van der Waals surface area (Å²) in [5.74, 6) is 1.59. The number of aliphatic hydroxyl groups is 1. The van der Waals surface area contributed by atoms with E-state index in [-0.39, 0.29) is 19.0 Å². The predicted molar refractivity (Wildman–Crippen MR) is 120 cm³/mol. The second-order valence-corrected chi connectivity index (χ2v) is 6.98. The van der Waals surface area contributed by atoms with Crippen LogP contribution in [0.1, 0.15) is 17.0 Å². The zero-order chi connectivity index (χ0) is 20.1. The number of ether oxygens (including phenoxy) is 1. The lowest BCUT2D eigenvalue weighted by Gasteiger charge is -2.15. The Balaban J connectivity index is 0.00000256. The summed E-state index contributed by atoms with van der Waals surface area (Å²) in [6.07, 6.45) is 0.493. The van der Waals surface area contributed by atoms with Gasteiger partial charge in [0.1, 0.15) is 17.9 Å². The fourth-order valence-corrected chi connectivity index (χ4v) is 3.38. The van der Waals surface area contributed by atoms with E-state index in [0.29, 0.717) is 12.8 Å². The van der Waals surface area contributed by atoms with Crippen molar-refractivity contribution in [2.45, 2.75) is 18.9 Å². The van der Waals surface area contributed by atoms with Crippen LogP contribution in [-0.2, 0) is 12.8 Å². The molecule has 6 heteroatoms. The molecule has 1 unspecified atom stereocenters. The number of aliphatic hydroxyl groups excluding tert-OH is 1. The molecule has 0 spiro atoms. The number of imidazole rings is 1. The van der Waals surface area contributed by atoms with Crippen molar-refractivity contribution >= 4 is 23.4 Å². The van der Waals surface area contributed by atoms with Crippen molar-refractivity contribution in [1.82, 2.24) is 9.71 Å². The second kappa shape index (κ2) is 10.1. The van der Waals surface area contributed by atoms with Gasteiger partial charge in [0.05, 0.1) is 18.7 Å². The number of aromatic nitrogens is 2. The highest BCUT2D eigenvalue weighted by molar-refractivity contribution is 5.85. The van der Waals surface area contributed by atoms with Gasteiger partial charge in [-0.25, -0.2) is 4.98 Å². The van der Waals surface area contributed by atoms with Gasteiger partial charge in [0, 0.05) is 12.8 Å². The van der Waals surface area contributed by atoms with Crippen molar-refractivity contribution in [3.63, 3.8) is 0 Å². The maximum Gasteiger partial charge on any atom is 0.150 e. The van der Waals surface area contributed by atoms with Crippen LogP contribution in [0.4, 0.5) is 0 Å². The van der Waals surface area contributed by atoms with E-state index in [1.54, 1.807) is 11.8 Å². The third-order valence-electron chi connectivity index (χ3n) is 4.79. The summed E-state index contributed by atoms with van der Waals surface area (Å²) >= 11 is 0. The van der Waals surface area contributed by atoms with E-state index >= 15 is 0 Å². The van der Waals surface area contributed by atoms with Gasteiger partial charge in [-0.05, 0) is 35.4 Å². The van der Waals surface area contributed by atoms with Crippen LogP contribution in [0.3, 0.4) is 0 Å². The maximum atomic E-state index is 10.5. The van der Waals surface area contributed by atoms with Gasteiger partial charge in [-0.3, -0.25) is 0 Å². The predicted octanol–water partition coefficient (Wildman–Crippen LogP) is 4.09. The van der Waals surface area contributed by atoms with Gasteiger partial charge < -0.3 is 14.7 Å². The van der Waals surface area contributed by atoms with Crippen LogP contribution >= 0.6 is 12.4 Å². The van der Waals surface area contributed by atoms with Gasteiger partial charge in [0.15, 0.2) is 5.82 Å². The van der Waals surface area contributed by atoms with Gasteiger partial charge in [0.25, 0.3) is 0 Å². The highest BCUT2D eigenvalue weighted by atomic mass is 35.5. The Morgan fingerprint density at radius 3 is 2.47 bits per heavy atom. The third kappa shape index (κ3) is 5.12. The smallest absolute Gasteiger partial charge is 0.150 e. The van der Waals surface area contributed by atoms with E-state index in [1.807, 2.05) is 66.7 Å². The number of methoxy groups -OCH3 is 1. The molecular weight excluding hydrogens is 400 g/mol. The van der Waals surface area contributed by atoms with Crippen molar-refractivity contribution in [2.24, 2.45) is 0 Å². The Morgan fingerprint density at radius 2 is 1.67 bits per heavy atom. The molecule has 0 bridgehead atoms. The molecule has 156 valence electrons. The summed E-state index contributed by atoms with van der Waals surface area (Å²) in [4.78, 5) is 10.8. The lowest BCUT2D eigenvalue weighted by molar-refractivity contribution is 0.0286. The Morgan fingerprint density at radius 1 is 0.933 bits per heavy atom. The number of nitrogens with zero attached hydrogens (tertiary/aromatic N) is 2. The van der Waals surface area contributed by atoms with E-state index in [1.165, 1.54) is 0 Å². The first-order valence-electron chi connectivity index (χ1n) is 9.67. The first-order chi connectivity index (χ1) is 14.2. The highest BCUT2D eigenvalue weighted by Gasteiger charge is 2.14. The summed E-state index contributed by atoms with van der Waals surface area (Å²) in [6, 6.07) is 25.7. The van der Waals surface area contributed by atoms with Crippen LogP contribution in [-0.4, -0.2) is 34.6 Å². The first-order valence-corrected chi connectivity index (χ1v) is 9.67. The van der Waals surface area contributed by atoms with E-state index in [4.69, 9.17) is 14.6 Å². The Kier molecular flexibility index (Phi) is 7.33. The molecule has 0 saturated heterocycles. The van der Waals surface area contributed by atoms with E-state index < -0.39 is 6.10 Å². The SMILES string of the molecule is COc1cccc(CC(O)COn2c(Cc3ccccc3)nc3ccccc32)c1.Cl. The van der Waals surface area contributed by atoms with Crippen molar-refractivity contribution in [1.29, 1.82) is 0 Å². The molecule has 1 aromatic heterocycles. The van der Waals surface area contributed by atoms with E-state index in [2.05, 4.69) is 12.1 Å². The lowest BCUT2D eigenvalue weighted by Crippen LogP contribution is -2.26. The minimum atomic E-state index is -0.646. The topological polar surface area (TPSA) is 56.5 Å². The van der Waals surface area contributed by atoms with Crippen LogP contribution < -0.4 is 9.57 Å². The first kappa shape index (κ1) is 21.7. The molecule has 4 rings (SSSR count). The molecule has 1 heterocycles. The maximum absolute atomic E-state index is 10.5. The summed E-state index contributed by atoms with van der Waals surface area (Å²) in [6.45, 7) is 0.166. The largest absolute Gasteiger partial charge is 0.497 e. The summed E-state index contributed by atoms with van der Waals surface area (Å²) in [5, 5.41) is 10.5. The van der Waals surface area contributed by atoms with Crippen molar-refractivity contribution in [3.8, 4) is 5.75 Å². The molecule has 0 fully saturated rings. The summed E-state index contributed by atoms with van der Waals surface area (Å²) in [7, 11) is 1.64. The molecule has 0 aliphatic rings. The summed E-state index contributed by atoms with van der Waals surface area (Å²) < 4.78 is 7.00. The molecule has 0 aliphatic carbocycles. The molecule has 0 amide bonds. The molecule has 1 N–H and O–H groups in total. The molecule has 30 heavy (non-hydrogen) atoms. The van der Waals surface area contributed by atoms with Crippen molar-refractivity contribution in [3.05, 3.63) is 95.8 Å². The number of halogens is 1. The fourth-order valence-electron chi connectivity index (χ4n) is 3.38. The van der Waals surface area contributed by atoms with Crippen LogP contribution in [0.5, 0.6) is 5.75 Å².